The fourth-order valence-electron chi connectivity index (χ4n) is 1.96. The van der Waals surface area contributed by atoms with Crippen molar-refractivity contribution in [2.24, 2.45) is 0 Å². The minimum absolute atomic E-state index is 0.0212. The van der Waals surface area contributed by atoms with Crippen LogP contribution in [0.3, 0.4) is 0 Å². The third-order valence-electron chi connectivity index (χ3n) is 2.87. The molecule has 0 saturated carbocycles. The maximum atomic E-state index is 12.0. The number of rotatable bonds is 2. The van der Waals surface area contributed by atoms with E-state index < -0.39 is 0 Å². The smallest absolute Gasteiger partial charge is 0.255 e. The molecule has 0 spiro atoms. The molecule has 19 heavy (non-hydrogen) atoms. The van der Waals surface area contributed by atoms with E-state index in [0.717, 1.165) is 21.0 Å². The quantitative estimate of drug-likeness (QED) is 0.832. The lowest BCUT2D eigenvalue weighted by Gasteiger charge is -1.97. The number of carbonyl (C=O) groups is 1. The third-order valence-corrected chi connectivity index (χ3v) is 4.86. The summed E-state index contributed by atoms with van der Waals surface area (Å²) in [6.45, 7) is 4.13. The molecule has 1 N–H and O–H groups in total. The zero-order valence-corrected chi connectivity index (χ0v) is 12.3. The molecule has 1 aliphatic heterocycles. The van der Waals surface area contributed by atoms with Crippen molar-refractivity contribution >= 4 is 40.4 Å². The first kappa shape index (κ1) is 12.4. The predicted octanol–water partition coefficient (Wildman–Crippen LogP) is 3.98. The van der Waals surface area contributed by atoms with Crippen molar-refractivity contribution in [3.63, 3.8) is 0 Å². The number of aryl methyl sites for hydroxylation is 2. The molecule has 96 valence electrons. The molecule has 0 aromatic carbocycles. The van der Waals surface area contributed by atoms with Crippen molar-refractivity contribution in [1.82, 2.24) is 5.32 Å². The van der Waals surface area contributed by atoms with E-state index in [1.807, 2.05) is 24.3 Å². The second-order valence-corrected chi connectivity index (χ2v) is 7.08. The van der Waals surface area contributed by atoms with Gasteiger partial charge in [-0.3, -0.25) is 4.79 Å². The van der Waals surface area contributed by atoms with Crippen LogP contribution in [0.15, 0.2) is 35.9 Å². The maximum Gasteiger partial charge on any atom is 0.255 e. The molecule has 1 aliphatic rings. The van der Waals surface area contributed by atoms with Crippen LogP contribution in [0.5, 0.6) is 0 Å². The van der Waals surface area contributed by atoms with Crippen molar-refractivity contribution in [2.45, 2.75) is 13.8 Å². The van der Waals surface area contributed by atoms with E-state index in [-0.39, 0.29) is 5.91 Å². The van der Waals surface area contributed by atoms with E-state index >= 15 is 0 Å². The Morgan fingerprint density at radius 3 is 2.42 bits per heavy atom. The lowest BCUT2D eigenvalue weighted by atomic mass is 10.2. The Morgan fingerprint density at radius 2 is 1.79 bits per heavy atom. The largest absolute Gasteiger partial charge is 0.321 e. The van der Waals surface area contributed by atoms with Gasteiger partial charge < -0.3 is 5.32 Å². The van der Waals surface area contributed by atoms with E-state index in [2.05, 4.69) is 31.3 Å². The van der Waals surface area contributed by atoms with Crippen LogP contribution in [0.4, 0.5) is 0 Å². The highest BCUT2D eigenvalue weighted by Crippen LogP contribution is 2.28. The van der Waals surface area contributed by atoms with Gasteiger partial charge in [0.25, 0.3) is 5.91 Å². The average Bonchev–Trinajstić information content (AvgIpc) is 3.03. The van der Waals surface area contributed by atoms with Gasteiger partial charge in [0.2, 0.25) is 0 Å². The summed E-state index contributed by atoms with van der Waals surface area (Å²) < 4.78 is 0. The molecular formula is C15H13NOS2. The highest BCUT2D eigenvalue weighted by atomic mass is 32.1. The summed E-state index contributed by atoms with van der Waals surface area (Å²) in [4.78, 5) is 16.7. The Bertz CT molecular complexity index is 703. The van der Waals surface area contributed by atoms with Crippen molar-refractivity contribution in [3.8, 4) is 0 Å². The molecule has 0 fully saturated rings. The Hall–Kier alpha value is -1.65. The van der Waals surface area contributed by atoms with Crippen LogP contribution in [0.1, 0.15) is 19.5 Å². The molecule has 3 rings (SSSR count). The lowest BCUT2D eigenvalue weighted by Crippen LogP contribution is -2.15. The van der Waals surface area contributed by atoms with Gasteiger partial charge in [-0.1, -0.05) is 0 Å². The average molecular weight is 287 g/mol. The van der Waals surface area contributed by atoms with Crippen LogP contribution in [-0.2, 0) is 4.79 Å². The summed E-state index contributed by atoms with van der Waals surface area (Å²) in [7, 11) is 0. The van der Waals surface area contributed by atoms with Crippen molar-refractivity contribution < 1.29 is 4.79 Å². The first-order valence-electron chi connectivity index (χ1n) is 6.00. The summed E-state index contributed by atoms with van der Waals surface area (Å²) in [5.74, 6) is -0.0212. The fraction of sp³-hybridized carbons (Fsp3) is 0.133. The molecule has 0 saturated heterocycles. The first-order chi connectivity index (χ1) is 9.11. The second-order valence-electron chi connectivity index (χ2n) is 4.47. The molecular weight excluding hydrogens is 274 g/mol. The first-order valence-corrected chi connectivity index (χ1v) is 7.63. The van der Waals surface area contributed by atoms with E-state index in [4.69, 9.17) is 0 Å². The second kappa shape index (κ2) is 4.79. The number of nitrogens with one attached hydrogen (secondary N) is 1. The van der Waals surface area contributed by atoms with Gasteiger partial charge >= 0.3 is 0 Å². The minimum atomic E-state index is -0.0212. The highest BCUT2D eigenvalue weighted by molar-refractivity contribution is 7.13. The normalized spacial score (nSPS) is 16.8. The van der Waals surface area contributed by atoms with Crippen LogP contribution >= 0.6 is 22.7 Å². The third kappa shape index (κ3) is 2.55. The summed E-state index contributed by atoms with van der Waals surface area (Å²) in [6.07, 6.45) is 3.88. The van der Waals surface area contributed by atoms with Gasteiger partial charge in [-0.2, -0.15) is 0 Å². The van der Waals surface area contributed by atoms with Crippen molar-refractivity contribution in [3.05, 3.63) is 55.4 Å². The molecule has 0 aliphatic carbocycles. The molecule has 2 nitrogen and oxygen atoms in total. The highest BCUT2D eigenvalue weighted by Gasteiger charge is 2.20. The van der Waals surface area contributed by atoms with Crippen molar-refractivity contribution in [1.29, 1.82) is 0 Å². The van der Waals surface area contributed by atoms with Gasteiger partial charge in [0.05, 0.1) is 10.6 Å². The maximum absolute atomic E-state index is 12.0. The van der Waals surface area contributed by atoms with Gasteiger partial charge in [-0.15, -0.1) is 22.7 Å². The van der Waals surface area contributed by atoms with Crippen molar-refractivity contribution in [2.75, 3.05) is 0 Å². The number of hydrogen-bond donors (Lipinski definition) is 1. The lowest BCUT2D eigenvalue weighted by molar-refractivity contribution is -0.115. The molecule has 3 heterocycles. The van der Waals surface area contributed by atoms with Gasteiger partial charge in [-0.25, -0.2) is 0 Å². The zero-order chi connectivity index (χ0) is 13.4. The van der Waals surface area contributed by atoms with Crippen LogP contribution in [-0.4, -0.2) is 5.91 Å². The Kier molecular flexibility index (Phi) is 3.12. The predicted molar refractivity (Wildman–Crippen MR) is 82.2 cm³/mol. The molecule has 0 atom stereocenters. The summed E-state index contributed by atoms with van der Waals surface area (Å²) in [6, 6.07) is 8.22. The SMILES string of the molecule is Cc1ccc(C=C2C=C(c3ccc(C)s3)NC2=O)s1. The number of hydrogen-bond acceptors (Lipinski definition) is 3. The molecule has 0 bridgehead atoms. The molecule has 0 radical (unpaired) electrons. The molecule has 2 aromatic heterocycles. The van der Waals surface area contributed by atoms with Crippen LogP contribution in [0.2, 0.25) is 0 Å². The minimum Gasteiger partial charge on any atom is -0.321 e. The Balaban J connectivity index is 1.93. The van der Waals surface area contributed by atoms with Gasteiger partial charge in [0, 0.05) is 20.2 Å². The van der Waals surface area contributed by atoms with Gasteiger partial charge in [0.15, 0.2) is 0 Å². The van der Waals surface area contributed by atoms with E-state index in [9.17, 15) is 4.79 Å². The Morgan fingerprint density at radius 1 is 1.05 bits per heavy atom. The van der Waals surface area contributed by atoms with Gasteiger partial charge in [0.1, 0.15) is 0 Å². The molecule has 0 unspecified atom stereocenters. The number of thiophene rings is 2. The summed E-state index contributed by atoms with van der Waals surface area (Å²) in [5, 5.41) is 2.93. The van der Waals surface area contributed by atoms with E-state index in [1.54, 1.807) is 22.7 Å². The van der Waals surface area contributed by atoms with Crippen LogP contribution in [0, 0.1) is 13.8 Å². The number of carbonyl (C=O) groups excluding carboxylic acids is 1. The van der Waals surface area contributed by atoms with E-state index in [0.29, 0.717) is 0 Å². The monoisotopic (exact) mass is 287 g/mol. The molecule has 2 aromatic rings. The summed E-state index contributed by atoms with van der Waals surface area (Å²) >= 11 is 3.39. The standard InChI is InChI=1S/C15H13NOS2/c1-9-3-5-12(18-9)7-11-8-13(16-15(11)17)14-6-4-10(2)19-14/h3-8H,1-2H3,(H,16,17). The van der Waals surface area contributed by atoms with Crippen LogP contribution in [0.25, 0.3) is 11.8 Å². The zero-order valence-electron chi connectivity index (χ0n) is 10.7. The fourth-order valence-corrected chi connectivity index (χ4v) is 3.62. The van der Waals surface area contributed by atoms with Gasteiger partial charge in [-0.05, 0) is 50.3 Å². The van der Waals surface area contributed by atoms with Crippen LogP contribution < -0.4 is 5.32 Å². The summed E-state index contributed by atoms with van der Waals surface area (Å²) in [5.41, 5.74) is 1.63. The number of amides is 1. The Labute approximate surface area is 120 Å². The van der Waals surface area contributed by atoms with E-state index in [1.165, 1.54) is 9.75 Å². The topological polar surface area (TPSA) is 29.1 Å². The molecule has 4 heteroatoms. The molecule has 1 amide bonds.